The first-order valence-corrected chi connectivity index (χ1v) is 20.1. The Morgan fingerprint density at radius 1 is 1.04 bits per heavy atom. The molecule has 0 spiro atoms. The van der Waals surface area contributed by atoms with Crippen LogP contribution in [0, 0.1) is 20.8 Å². The smallest absolute Gasteiger partial charge is 0.0727 e. The zero-order valence-electron chi connectivity index (χ0n) is 32.5. The molecule has 0 bridgehead atoms. The summed E-state index contributed by atoms with van der Waals surface area (Å²) in [5.74, 6) is 2.58. The molecule has 0 atom stereocenters. The summed E-state index contributed by atoms with van der Waals surface area (Å²) in [6.07, 6.45) is 10.9. The van der Waals surface area contributed by atoms with Crippen molar-refractivity contribution in [2.75, 3.05) is 5.88 Å². The van der Waals surface area contributed by atoms with Crippen molar-refractivity contribution in [1.29, 1.82) is 0 Å². The molecular formula is C43H62N4S2. The first-order chi connectivity index (χ1) is 23.4. The molecule has 0 aliphatic rings. The molecule has 266 valence electrons. The first-order valence-electron chi connectivity index (χ1n) is 18.0. The minimum absolute atomic E-state index is 0.310. The van der Waals surface area contributed by atoms with Gasteiger partial charge in [0.1, 0.15) is 0 Å². The van der Waals surface area contributed by atoms with Gasteiger partial charge in [0.25, 0.3) is 0 Å². The van der Waals surface area contributed by atoms with Crippen molar-refractivity contribution in [2.45, 2.75) is 124 Å². The summed E-state index contributed by atoms with van der Waals surface area (Å²) in [5.41, 5.74) is 20.9. The van der Waals surface area contributed by atoms with Crippen LogP contribution >= 0.6 is 23.5 Å². The molecule has 4 nitrogen and oxygen atoms in total. The largest absolute Gasteiger partial charge is 0.309 e. The molecule has 0 aliphatic carbocycles. The molecule has 2 aromatic carbocycles. The van der Waals surface area contributed by atoms with E-state index in [1.165, 1.54) is 84.8 Å². The lowest BCUT2D eigenvalue weighted by Gasteiger charge is -2.32. The Bertz CT molecular complexity index is 1670. The monoisotopic (exact) mass is 698 g/mol. The highest BCUT2D eigenvalue weighted by atomic mass is 32.2. The van der Waals surface area contributed by atoms with Gasteiger partial charge in [0.2, 0.25) is 0 Å². The predicted octanol–water partition coefficient (Wildman–Crippen LogP) is 12.2. The molecule has 0 fully saturated rings. The molecule has 6 heteroatoms. The zero-order valence-corrected chi connectivity index (χ0v) is 34.1. The number of nitrogens with one attached hydrogen (secondary N) is 1. The van der Waals surface area contributed by atoms with Crippen molar-refractivity contribution >= 4 is 40.7 Å². The van der Waals surface area contributed by atoms with Crippen LogP contribution in [0.15, 0.2) is 65.2 Å². The van der Waals surface area contributed by atoms with Crippen LogP contribution in [-0.4, -0.2) is 26.7 Å². The van der Waals surface area contributed by atoms with E-state index in [0.717, 1.165) is 35.9 Å². The van der Waals surface area contributed by atoms with E-state index in [1.807, 2.05) is 34.3 Å². The number of benzene rings is 2. The fourth-order valence-electron chi connectivity index (χ4n) is 6.64. The molecule has 1 aromatic heterocycles. The number of rotatable bonds is 18. The Morgan fingerprint density at radius 3 is 2.41 bits per heavy atom. The fourth-order valence-corrected chi connectivity index (χ4v) is 8.40. The SMILES string of the molecule is C=C/C(C)=C(\CCCC)c1ccc(C)c(/C(C)=C(\C)N(NCSCc2cc(CSc3cc(C)c(/C=C\C)c(CC)c3)n(C)n2)C(C)C)c1C. The summed E-state index contributed by atoms with van der Waals surface area (Å²) in [4.78, 5) is 1.33. The van der Waals surface area contributed by atoms with E-state index >= 15 is 0 Å². The molecule has 3 aromatic rings. The topological polar surface area (TPSA) is 33.1 Å². The molecule has 0 amide bonds. The number of allylic oxidation sites excluding steroid dienone is 6. The van der Waals surface area contributed by atoms with Crippen molar-refractivity contribution in [2.24, 2.45) is 7.05 Å². The minimum atomic E-state index is 0.310. The van der Waals surface area contributed by atoms with Gasteiger partial charge in [-0.1, -0.05) is 57.2 Å². The summed E-state index contributed by atoms with van der Waals surface area (Å²) >= 11 is 3.77. The third-order valence-electron chi connectivity index (χ3n) is 9.52. The van der Waals surface area contributed by atoms with Gasteiger partial charge in [0.05, 0.1) is 11.6 Å². The van der Waals surface area contributed by atoms with Crippen LogP contribution in [0.5, 0.6) is 0 Å². The quantitative estimate of drug-likeness (QED) is 0.0470. The third kappa shape index (κ3) is 10.5. The van der Waals surface area contributed by atoms with Gasteiger partial charge < -0.3 is 5.01 Å². The number of unbranched alkanes of at least 4 members (excludes halogenated alkanes) is 1. The highest BCUT2D eigenvalue weighted by molar-refractivity contribution is 7.98. The number of hydrogen-bond acceptors (Lipinski definition) is 5. The number of aromatic nitrogens is 2. The first kappa shape index (κ1) is 40.5. The van der Waals surface area contributed by atoms with Gasteiger partial charge in [-0.15, -0.1) is 23.5 Å². The summed E-state index contributed by atoms with van der Waals surface area (Å²) in [7, 11) is 2.07. The Labute approximate surface area is 307 Å². The average Bonchev–Trinajstić information content (AvgIpc) is 3.43. The summed E-state index contributed by atoms with van der Waals surface area (Å²) in [5, 5.41) is 7.20. The van der Waals surface area contributed by atoms with Crippen LogP contribution in [0.1, 0.15) is 125 Å². The number of nitrogens with zero attached hydrogens (tertiary/aromatic N) is 3. The minimum Gasteiger partial charge on any atom is -0.309 e. The van der Waals surface area contributed by atoms with Gasteiger partial charge in [0.15, 0.2) is 0 Å². The molecular weight excluding hydrogens is 637 g/mol. The van der Waals surface area contributed by atoms with E-state index in [1.54, 1.807) is 0 Å². The van der Waals surface area contributed by atoms with E-state index in [4.69, 9.17) is 5.10 Å². The van der Waals surface area contributed by atoms with E-state index in [-0.39, 0.29) is 0 Å². The van der Waals surface area contributed by atoms with Gasteiger partial charge in [-0.2, -0.15) is 5.10 Å². The molecule has 3 rings (SSSR count). The second-order valence-electron chi connectivity index (χ2n) is 13.4. The van der Waals surface area contributed by atoms with E-state index in [2.05, 4.69) is 143 Å². The standard InChI is InChI=1S/C43H62N4S2/c1-14-18-20-41(30(7)16-3)42-22-21-31(8)43(34(42)11)33(10)35(12)47(29(5)6)44-28-48-26-37-25-38(46(13)45-37)27-49-39-23-32(9)40(19-15-2)36(17-4)24-39/h15-16,19,21-25,29,44H,3,14,17-18,20,26-28H2,1-2,4-13H3/b19-15-,35-33+,41-30+. The van der Waals surface area contributed by atoms with Crippen molar-refractivity contribution in [3.8, 4) is 0 Å². The van der Waals surface area contributed by atoms with E-state index in [0.29, 0.717) is 6.04 Å². The lowest BCUT2D eigenvalue weighted by atomic mass is 9.86. The second kappa shape index (κ2) is 19.5. The van der Waals surface area contributed by atoms with Gasteiger partial charge in [-0.05, 0) is 155 Å². The summed E-state index contributed by atoms with van der Waals surface area (Å²) < 4.78 is 2.05. The van der Waals surface area contributed by atoms with E-state index < -0.39 is 0 Å². The van der Waals surface area contributed by atoms with Gasteiger partial charge in [-0.25, -0.2) is 5.43 Å². The Morgan fingerprint density at radius 2 is 1.78 bits per heavy atom. The van der Waals surface area contributed by atoms with Crippen LogP contribution in [-0.2, 0) is 25.0 Å². The fraction of sp³-hybridized carbons (Fsp3) is 0.465. The Hall–Kier alpha value is -2.93. The number of thioether (sulfide) groups is 2. The average molecular weight is 699 g/mol. The van der Waals surface area contributed by atoms with Crippen molar-refractivity contribution in [1.82, 2.24) is 20.2 Å². The molecule has 0 saturated heterocycles. The normalized spacial score (nSPS) is 12.9. The zero-order chi connectivity index (χ0) is 36.2. The van der Waals surface area contributed by atoms with Crippen LogP contribution in [0.4, 0.5) is 0 Å². The van der Waals surface area contributed by atoms with Crippen LogP contribution in [0.25, 0.3) is 17.2 Å². The van der Waals surface area contributed by atoms with Gasteiger partial charge >= 0.3 is 0 Å². The van der Waals surface area contributed by atoms with Crippen LogP contribution in [0.2, 0.25) is 0 Å². The lowest BCUT2D eigenvalue weighted by Crippen LogP contribution is -2.41. The van der Waals surface area contributed by atoms with Gasteiger partial charge in [-0.3, -0.25) is 4.68 Å². The number of hydrogen-bond donors (Lipinski definition) is 1. The lowest BCUT2D eigenvalue weighted by molar-refractivity contribution is 0.214. The maximum absolute atomic E-state index is 4.86. The van der Waals surface area contributed by atoms with Crippen molar-refractivity contribution in [3.05, 3.63) is 111 Å². The van der Waals surface area contributed by atoms with Crippen LogP contribution < -0.4 is 5.43 Å². The molecule has 1 heterocycles. The Kier molecular flexibility index (Phi) is 16.1. The highest BCUT2D eigenvalue weighted by Gasteiger charge is 2.19. The van der Waals surface area contributed by atoms with Crippen molar-refractivity contribution < 1.29 is 0 Å². The van der Waals surface area contributed by atoms with Gasteiger partial charge in [0, 0.05) is 40.9 Å². The van der Waals surface area contributed by atoms with Crippen molar-refractivity contribution in [3.63, 3.8) is 0 Å². The maximum Gasteiger partial charge on any atom is 0.0727 e. The molecule has 0 radical (unpaired) electrons. The number of hydrazine groups is 1. The predicted molar refractivity (Wildman–Crippen MR) is 221 cm³/mol. The van der Waals surface area contributed by atoms with Crippen LogP contribution in [0.3, 0.4) is 0 Å². The second-order valence-corrected chi connectivity index (χ2v) is 15.5. The third-order valence-corrected chi connectivity index (χ3v) is 11.4. The molecule has 1 N–H and O–H groups in total. The summed E-state index contributed by atoms with van der Waals surface area (Å²) in [6.45, 7) is 28.7. The summed E-state index contributed by atoms with van der Waals surface area (Å²) in [6, 6.07) is 11.9. The van der Waals surface area contributed by atoms with E-state index in [9.17, 15) is 0 Å². The molecule has 49 heavy (non-hydrogen) atoms. The maximum atomic E-state index is 4.86. The number of aryl methyl sites for hydroxylation is 4. The molecule has 0 saturated carbocycles. The molecule has 0 aliphatic heterocycles. The Balaban J connectivity index is 1.71. The highest BCUT2D eigenvalue weighted by Crippen LogP contribution is 2.35. The molecule has 0 unspecified atom stereocenters.